The predicted octanol–water partition coefficient (Wildman–Crippen LogP) is 2.49. The van der Waals surface area contributed by atoms with Crippen LogP contribution in [0.2, 0.25) is 0 Å². The lowest BCUT2D eigenvalue weighted by atomic mass is 9.78. The van der Waals surface area contributed by atoms with Gasteiger partial charge in [0, 0.05) is 31.1 Å². The number of aryl methyl sites for hydroxylation is 1. The van der Waals surface area contributed by atoms with Crippen molar-refractivity contribution < 1.29 is 5.11 Å². The number of anilines is 2. The lowest BCUT2D eigenvalue weighted by molar-refractivity contribution is 0.311. The van der Waals surface area contributed by atoms with Crippen molar-refractivity contribution in [2.45, 2.75) is 32.7 Å². The van der Waals surface area contributed by atoms with Gasteiger partial charge in [-0.1, -0.05) is 38.1 Å². The van der Waals surface area contributed by atoms with Crippen LogP contribution in [0.1, 0.15) is 30.8 Å². The van der Waals surface area contributed by atoms with E-state index in [0.717, 1.165) is 30.5 Å². The largest absolute Gasteiger partial charge is 0.395 e. The highest BCUT2D eigenvalue weighted by Gasteiger charge is 2.32. The standard InChI is InChI=1S/C18H24N4O/c1-13-20-16(19-8-9-23)10-17(21-13)22-11-14-6-4-5-7-15(14)18(2,3)12-22/h4-7,10,23H,8-9,11-12H2,1-3H3,(H,19,20,21). The quantitative estimate of drug-likeness (QED) is 0.908. The van der Waals surface area contributed by atoms with Crippen LogP contribution in [0, 0.1) is 6.92 Å². The Labute approximate surface area is 137 Å². The first-order chi connectivity index (χ1) is 11.0. The fraction of sp³-hybridized carbons (Fsp3) is 0.444. The van der Waals surface area contributed by atoms with E-state index in [1.165, 1.54) is 11.1 Å². The molecule has 0 saturated carbocycles. The van der Waals surface area contributed by atoms with Gasteiger partial charge in [-0.15, -0.1) is 0 Å². The third kappa shape index (κ3) is 3.29. The van der Waals surface area contributed by atoms with Crippen molar-refractivity contribution in [1.82, 2.24) is 9.97 Å². The van der Waals surface area contributed by atoms with Crippen LogP contribution in [0.25, 0.3) is 0 Å². The van der Waals surface area contributed by atoms with Gasteiger partial charge in [-0.3, -0.25) is 0 Å². The maximum Gasteiger partial charge on any atom is 0.134 e. The number of benzene rings is 1. The summed E-state index contributed by atoms with van der Waals surface area (Å²) < 4.78 is 0. The summed E-state index contributed by atoms with van der Waals surface area (Å²) in [4.78, 5) is 11.3. The third-order valence-electron chi connectivity index (χ3n) is 4.26. The Balaban J connectivity index is 1.93. The monoisotopic (exact) mass is 312 g/mol. The highest BCUT2D eigenvalue weighted by atomic mass is 16.3. The van der Waals surface area contributed by atoms with Crippen LogP contribution in [-0.4, -0.2) is 34.8 Å². The second kappa shape index (κ2) is 6.16. The topological polar surface area (TPSA) is 61.3 Å². The fourth-order valence-electron chi connectivity index (χ4n) is 3.29. The van der Waals surface area contributed by atoms with Crippen LogP contribution in [0.4, 0.5) is 11.6 Å². The van der Waals surface area contributed by atoms with E-state index in [4.69, 9.17) is 5.11 Å². The van der Waals surface area contributed by atoms with Gasteiger partial charge in [-0.05, 0) is 18.1 Å². The van der Waals surface area contributed by atoms with E-state index in [1.54, 1.807) is 0 Å². The van der Waals surface area contributed by atoms with Gasteiger partial charge in [-0.25, -0.2) is 9.97 Å². The van der Waals surface area contributed by atoms with Crippen LogP contribution in [-0.2, 0) is 12.0 Å². The predicted molar refractivity (Wildman–Crippen MR) is 92.9 cm³/mol. The molecule has 0 radical (unpaired) electrons. The van der Waals surface area contributed by atoms with Crippen molar-refractivity contribution in [1.29, 1.82) is 0 Å². The van der Waals surface area contributed by atoms with Crippen LogP contribution >= 0.6 is 0 Å². The van der Waals surface area contributed by atoms with Gasteiger partial charge in [0.2, 0.25) is 0 Å². The van der Waals surface area contributed by atoms with Crippen molar-refractivity contribution in [3.8, 4) is 0 Å². The van der Waals surface area contributed by atoms with Gasteiger partial charge < -0.3 is 15.3 Å². The number of fused-ring (bicyclic) bond motifs is 1. The molecule has 5 heteroatoms. The molecule has 0 spiro atoms. The molecule has 23 heavy (non-hydrogen) atoms. The molecule has 5 nitrogen and oxygen atoms in total. The first-order valence-corrected chi connectivity index (χ1v) is 8.03. The van der Waals surface area contributed by atoms with E-state index in [2.05, 4.69) is 58.3 Å². The zero-order valence-electron chi connectivity index (χ0n) is 14.0. The second-order valence-corrected chi connectivity index (χ2v) is 6.71. The van der Waals surface area contributed by atoms with Gasteiger partial charge in [0.05, 0.1) is 6.61 Å². The van der Waals surface area contributed by atoms with Gasteiger partial charge in [-0.2, -0.15) is 0 Å². The van der Waals surface area contributed by atoms with E-state index < -0.39 is 0 Å². The molecule has 1 aromatic carbocycles. The molecule has 1 aromatic heterocycles. The number of rotatable bonds is 4. The minimum absolute atomic E-state index is 0.0758. The molecule has 0 aliphatic carbocycles. The minimum atomic E-state index is 0.0758. The molecule has 0 saturated heterocycles. The van der Waals surface area contributed by atoms with Crippen LogP contribution < -0.4 is 10.2 Å². The third-order valence-corrected chi connectivity index (χ3v) is 4.26. The molecule has 2 aromatic rings. The molecule has 0 unspecified atom stereocenters. The molecule has 2 N–H and O–H groups in total. The van der Waals surface area contributed by atoms with Crippen LogP contribution in [0.15, 0.2) is 30.3 Å². The maximum absolute atomic E-state index is 8.98. The van der Waals surface area contributed by atoms with E-state index >= 15 is 0 Å². The Morgan fingerprint density at radius 1 is 1.26 bits per heavy atom. The molecule has 3 rings (SSSR count). The summed E-state index contributed by atoms with van der Waals surface area (Å²) in [5.41, 5.74) is 2.84. The Morgan fingerprint density at radius 2 is 2.04 bits per heavy atom. The van der Waals surface area contributed by atoms with Crippen LogP contribution in [0.3, 0.4) is 0 Å². The Bertz CT molecular complexity index is 699. The summed E-state index contributed by atoms with van der Waals surface area (Å²) in [7, 11) is 0. The highest BCUT2D eigenvalue weighted by Crippen LogP contribution is 2.35. The number of nitrogens with one attached hydrogen (secondary N) is 1. The molecule has 1 aliphatic rings. The molecule has 0 atom stereocenters. The summed E-state index contributed by atoms with van der Waals surface area (Å²) >= 11 is 0. The highest BCUT2D eigenvalue weighted by molar-refractivity contribution is 5.53. The second-order valence-electron chi connectivity index (χ2n) is 6.71. The zero-order chi connectivity index (χ0) is 16.4. The first kappa shape index (κ1) is 15.7. The molecule has 122 valence electrons. The summed E-state index contributed by atoms with van der Waals surface area (Å²) in [6.45, 7) is 8.80. The molecular formula is C18H24N4O. The van der Waals surface area contributed by atoms with Gasteiger partial charge in [0.1, 0.15) is 17.5 Å². The Kier molecular flexibility index (Phi) is 4.22. The van der Waals surface area contributed by atoms with Crippen LogP contribution in [0.5, 0.6) is 0 Å². The van der Waals surface area contributed by atoms with E-state index in [0.29, 0.717) is 6.54 Å². The number of aromatic nitrogens is 2. The number of hydrogen-bond acceptors (Lipinski definition) is 5. The summed E-state index contributed by atoms with van der Waals surface area (Å²) in [6, 6.07) is 10.6. The van der Waals surface area contributed by atoms with E-state index in [1.807, 2.05) is 13.0 Å². The van der Waals surface area contributed by atoms with Gasteiger partial charge in [0.15, 0.2) is 0 Å². The number of aliphatic hydroxyl groups is 1. The molecule has 2 heterocycles. The molecule has 0 fully saturated rings. The van der Waals surface area contributed by atoms with Crippen molar-refractivity contribution in [2.75, 3.05) is 29.9 Å². The molecule has 0 bridgehead atoms. The van der Waals surface area contributed by atoms with Crippen molar-refractivity contribution >= 4 is 11.6 Å². The summed E-state index contributed by atoms with van der Waals surface area (Å²) in [6.07, 6.45) is 0. The normalized spacial score (nSPS) is 16.1. The SMILES string of the molecule is Cc1nc(NCCO)cc(N2Cc3ccccc3C(C)(C)C2)n1. The Morgan fingerprint density at radius 3 is 2.83 bits per heavy atom. The number of hydrogen-bond donors (Lipinski definition) is 2. The lowest BCUT2D eigenvalue weighted by Crippen LogP contribution is -2.42. The maximum atomic E-state index is 8.98. The van der Waals surface area contributed by atoms with Gasteiger partial charge in [0.25, 0.3) is 0 Å². The van der Waals surface area contributed by atoms with E-state index in [9.17, 15) is 0 Å². The number of aliphatic hydroxyl groups excluding tert-OH is 1. The summed E-state index contributed by atoms with van der Waals surface area (Å²) in [5.74, 6) is 2.43. The average molecular weight is 312 g/mol. The van der Waals surface area contributed by atoms with Crippen molar-refractivity contribution in [3.05, 3.63) is 47.3 Å². The van der Waals surface area contributed by atoms with Crippen molar-refractivity contribution in [3.63, 3.8) is 0 Å². The minimum Gasteiger partial charge on any atom is -0.395 e. The molecule has 1 aliphatic heterocycles. The fourth-order valence-corrected chi connectivity index (χ4v) is 3.29. The first-order valence-electron chi connectivity index (χ1n) is 8.03. The van der Waals surface area contributed by atoms with Gasteiger partial charge >= 0.3 is 0 Å². The number of nitrogens with zero attached hydrogens (tertiary/aromatic N) is 3. The van der Waals surface area contributed by atoms with E-state index in [-0.39, 0.29) is 12.0 Å². The smallest absolute Gasteiger partial charge is 0.134 e. The summed E-state index contributed by atoms with van der Waals surface area (Å²) in [5, 5.41) is 12.1. The average Bonchev–Trinajstić information content (AvgIpc) is 2.52. The Hall–Kier alpha value is -2.14. The molecular weight excluding hydrogens is 288 g/mol. The lowest BCUT2D eigenvalue weighted by Gasteiger charge is -2.40. The molecule has 0 amide bonds. The zero-order valence-corrected chi connectivity index (χ0v) is 14.0. The van der Waals surface area contributed by atoms with Crippen molar-refractivity contribution in [2.24, 2.45) is 0 Å².